The van der Waals surface area contributed by atoms with Gasteiger partial charge in [-0.1, -0.05) is 18.6 Å². The first kappa shape index (κ1) is 8.21. The van der Waals surface area contributed by atoms with Crippen molar-refractivity contribution in [2.75, 3.05) is 0 Å². The van der Waals surface area contributed by atoms with Gasteiger partial charge in [0.15, 0.2) is 0 Å². The van der Waals surface area contributed by atoms with Crippen molar-refractivity contribution in [2.45, 2.75) is 19.3 Å². The van der Waals surface area contributed by atoms with Gasteiger partial charge in [-0.3, -0.25) is 9.59 Å². The second-order valence-electron chi connectivity index (χ2n) is 4.44. The number of carbonyl (C=O) groups excluding carboxylic acids is 2. The number of rotatable bonds is 0. The summed E-state index contributed by atoms with van der Waals surface area (Å²) in [4.78, 5) is 23.0. The molecule has 4 atom stereocenters. The molecule has 3 nitrogen and oxygen atoms in total. The number of carbonyl (C=O) groups is 2. The van der Waals surface area contributed by atoms with Gasteiger partial charge in [0.1, 0.15) is 0 Å². The molecule has 0 N–H and O–H groups in total. The van der Waals surface area contributed by atoms with Crippen LogP contribution in [0.1, 0.15) is 19.3 Å². The molecule has 0 amide bonds. The van der Waals surface area contributed by atoms with Crippen LogP contribution in [-0.4, -0.2) is 11.9 Å². The van der Waals surface area contributed by atoms with Crippen molar-refractivity contribution in [1.29, 1.82) is 0 Å². The van der Waals surface area contributed by atoms with Gasteiger partial charge in [-0.25, -0.2) is 0 Å². The first-order chi connectivity index (χ1) is 6.77. The Kier molecular flexibility index (Phi) is 1.58. The Labute approximate surface area is 82.1 Å². The largest absolute Gasteiger partial charge is 0.393 e. The fraction of sp³-hybridized carbons (Fsp3) is 0.636. The predicted molar refractivity (Wildman–Crippen MR) is 48.1 cm³/mol. The summed E-state index contributed by atoms with van der Waals surface area (Å²) in [6, 6.07) is 0. The van der Waals surface area contributed by atoms with Crippen molar-refractivity contribution in [3.05, 3.63) is 12.2 Å². The standard InChI is InChI=1S/C11H12O3/c12-10-8-6-2-1-3-7(5-4-6)9(8)11(13)14-10/h4-9H,1-3H2/t6-,7+,8-,9-/m1/s1. The van der Waals surface area contributed by atoms with Crippen LogP contribution in [0.4, 0.5) is 0 Å². The molecule has 3 aliphatic carbocycles. The van der Waals surface area contributed by atoms with E-state index in [9.17, 15) is 9.59 Å². The lowest BCUT2D eigenvalue weighted by Crippen LogP contribution is -2.31. The maximum absolute atomic E-state index is 11.5. The second kappa shape index (κ2) is 2.69. The van der Waals surface area contributed by atoms with Gasteiger partial charge < -0.3 is 4.74 Å². The highest BCUT2D eigenvalue weighted by molar-refractivity contribution is 5.97. The van der Waals surface area contributed by atoms with Gasteiger partial charge in [0.2, 0.25) is 0 Å². The van der Waals surface area contributed by atoms with E-state index < -0.39 is 0 Å². The van der Waals surface area contributed by atoms with Crippen LogP contribution < -0.4 is 0 Å². The first-order valence-corrected chi connectivity index (χ1v) is 5.21. The van der Waals surface area contributed by atoms with E-state index in [-0.39, 0.29) is 35.6 Å². The number of allylic oxidation sites excluding steroid dienone is 2. The van der Waals surface area contributed by atoms with E-state index in [0.29, 0.717) is 0 Å². The number of hydrogen-bond donors (Lipinski definition) is 0. The van der Waals surface area contributed by atoms with Gasteiger partial charge in [-0.15, -0.1) is 0 Å². The SMILES string of the molecule is O=C1OC(=O)[C@H]2[C@H]1[C@@H]1C=C[C@H]2CCC1. The molecule has 0 radical (unpaired) electrons. The average molecular weight is 192 g/mol. The van der Waals surface area contributed by atoms with E-state index in [2.05, 4.69) is 12.2 Å². The smallest absolute Gasteiger partial charge is 0.318 e. The van der Waals surface area contributed by atoms with Gasteiger partial charge in [-0.2, -0.15) is 0 Å². The molecular formula is C11H12O3. The van der Waals surface area contributed by atoms with Crippen molar-refractivity contribution in [3.8, 4) is 0 Å². The molecule has 0 aromatic rings. The molecule has 1 saturated heterocycles. The van der Waals surface area contributed by atoms with Crippen LogP contribution in [0.25, 0.3) is 0 Å². The van der Waals surface area contributed by atoms with E-state index in [0.717, 1.165) is 19.3 Å². The summed E-state index contributed by atoms with van der Waals surface area (Å²) in [6.45, 7) is 0. The number of cyclic esters (lactones) is 2. The highest BCUT2D eigenvalue weighted by Gasteiger charge is 2.53. The van der Waals surface area contributed by atoms with E-state index >= 15 is 0 Å². The summed E-state index contributed by atoms with van der Waals surface area (Å²) in [6.07, 6.45) is 7.39. The molecule has 0 aromatic carbocycles. The lowest BCUT2D eigenvalue weighted by molar-refractivity contribution is -0.154. The number of esters is 2. The molecule has 4 aliphatic rings. The first-order valence-electron chi connectivity index (χ1n) is 5.21. The molecule has 0 spiro atoms. The normalized spacial score (nSPS) is 44.9. The minimum absolute atomic E-state index is 0.167. The molecular weight excluding hydrogens is 180 g/mol. The van der Waals surface area contributed by atoms with Crippen LogP contribution in [-0.2, 0) is 14.3 Å². The molecule has 2 bridgehead atoms. The minimum atomic E-state index is -0.291. The summed E-state index contributed by atoms with van der Waals surface area (Å²) in [5.74, 6) is -0.419. The highest BCUT2D eigenvalue weighted by Crippen LogP contribution is 2.46. The van der Waals surface area contributed by atoms with E-state index in [1.54, 1.807) is 0 Å². The zero-order valence-electron chi connectivity index (χ0n) is 7.81. The highest BCUT2D eigenvalue weighted by atomic mass is 16.6. The Morgan fingerprint density at radius 1 is 1.00 bits per heavy atom. The van der Waals surface area contributed by atoms with Crippen molar-refractivity contribution in [2.24, 2.45) is 23.7 Å². The van der Waals surface area contributed by atoms with Gasteiger partial charge >= 0.3 is 11.9 Å². The van der Waals surface area contributed by atoms with Crippen LogP contribution in [0, 0.1) is 23.7 Å². The molecule has 1 aliphatic heterocycles. The molecule has 74 valence electrons. The van der Waals surface area contributed by atoms with Gasteiger partial charge in [0.25, 0.3) is 0 Å². The fourth-order valence-corrected chi connectivity index (χ4v) is 3.08. The molecule has 4 rings (SSSR count). The van der Waals surface area contributed by atoms with E-state index in [1.807, 2.05) is 0 Å². The summed E-state index contributed by atoms with van der Waals surface area (Å²) in [7, 11) is 0. The van der Waals surface area contributed by atoms with Gasteiger partial charge in [-0.05, 0) is 24.7 Å². The Morgan fingerprint density at radius 3 is 2.00 bits per heavy atom. The molecule has 1 heterocycles. The van der Waals surface area contributed by atoms with Crippen molar-refractivity contribution in [1.82, 2.24) is 0 Å². The number of hydrogen-bond acceptors (Lipinski definition) is 3. The Bertz CT molecular complexity index is 301. The topological polar surface area (TPSA) is 43.4 Å². The number of ether oxygens (including phenoxy) is 1. The van der Waals surface area contributed by atoms with Crippen molar-refractivity contribution >= 4 is 11.9 Å². The van der Waals surface area contributed by atoms with Crippen LogP contribution in [0.3, 0.4) is 0 Å². The molecule has 0 aromatic heterocycles. The maximum atomic E-state index is 11.5. The number of fused-ring (bicyclic) bond motifs is 2. The molecule has 1 saturated carbocycles. The summed E-state index contributed by atoms with van der Waals surface area (Å²) >= 11 is 0. The van der Waals surface area contributed by atoms with Crippen LogP contribution in [0.2, 0.25) is 0 Å². The summed E-state index contributed by atoms with van der Waals surface area (Å²) < 4.78 is 4.73. The van der Waals surface area contributed by atoms with Crippen LogP contribution in [0.5, 0.6) is 0 Å². The lowest BCUT2D eigenvalue weighted by atomic mass is 9.73. The maximum Gasteiger partial charge on any atom is 0.318 e. The van der Waals surface area contributed by atoms with E-state index in [4.69, 9.17) is 4.74 Å². The molecule has 14 heavy (non-hydrogen) atoms. The van der Waals surface area contributed by atoms with Crippen LogP contribution >= 0.6 is 0 Å². The third kappa shape index (κ3) is 0.925. The fourth-order valence-electron chi connectivity index (χ4n) is 3.08. The monoisotopic (exact) mass is 192 g/mol. The Hall–Kier alpha value is -1.12. The predicted octanol–water partition coefficient (Wildman–Crippen LogP) is 1.29. The molecule has 0 unspecified atom stereocenters. The lowest BCUT2D eigenvalue weighted by Gasteiger charge is -2.25. The zero-order chi connectivity index (χ0) is 9.71. The zero-order valence-corrected chi connectivity index (χ0v) is 7.81. The summed E-state index contributed by atoms with van der Waals surface area (Å²) in [5, 5.41) is 0. The van der Waals surface area contributed by atoms with Gasteiger partial charge in [0.05, 0.1) is 11.8 Å². The van der Waals surface area contributed by atoms with Crippen molar-refractivity contribution < 1.29 is 14.3 Å². The average Bonchev–Trinajstić information content (AvgIpc) is 2.42. The summed E-state index contributed by atoms with van der Waals surface area (Å²) in [5.41, 5.74) is 0. The Morgan fingerprint density at radius 2 is 1.50 bits per heavy atom. The third-order valence-electron chi connectivity index (χ3n) is 3.74. The van der Waals surface area contributed by atoms with E-state index in [1.165, 1.54) is 0 Å². The second-order valence-corrected chi connectivity index (χ2v) is 4.44. The van der Waals surface area contributed by atoms with Crippen LogP contribution in [0.15, 0.2) is 12.2 Å². The molecule has 3 heteroatoms. The van der Waals surface area contributed by atoms with Crippen molar-refractivity contribution in [3.63, 3.8) is 0 Å². The third-order valence-corrected chi connectivity index (χ3v) is 3.74. The van der Waals surface area contributed by atoms with Gasteiger partial charge in [0, 0.05) is 0 Å². The Balaban J connectivity index is 2.06. The quantitative estimate of drug-likeness (QED) is 0.330. The minimum Gasteiger partial charge on any atom is -0.393 e. The molecule has 2 fully saturated rings.